The third-order valence-electron chi connectivity index (χ3n) is 5.72. The van der Waals surface area contributed by atoms with Crippen molar-refractivity contribution in [3.63, 3.8) is 0 Å². The van der Waals surface area contributed by atoms with Gasteiger partial charge in [-0.2, -0.15) is 5.10 Å². The summed E-state index contributed by atoms with van der Waals surface area (Å²) in [4.78, 5) is 0. The molecular formula is C16H29N3. The summed E-state index contributed by atoms with van der Waals surface area (Å²) in [6.07, 6.45) is 2.08. The second kappa shape index (κ2) is 4.62. The normalized spacial score (nSPS) is 22.5. The van der Waals surface area contributed by atoms with Gasteiger partial charge in [0, 0.05) is 25.2 Å². The summed E-state index contributed by atoms with van der Waals surface area (Å²) in [6.45, 7) is 11.7. The van der Waals surface area contributed by atoms with Gasteiger partial charge in [0.05, 0.1) is 5.69 Å². The van der Waals surface area contributed by atoms with Crippen LogP contribution in [0.2, 0.25) is 0 Å². The molecule has 19 heavy (non-hydrogen) atoms. The summed E-state index contributed by atoms with van der Waals surface area (Å²) in [5.74, 6) is 0.727. The van der Waals surface area contributed by atoms with E-state index in [-0.39, 0.29) is 0 Å². The highest BCUT2D eigenvalue weighted by molar-refractivity contribution is 5.19. The van der Waals surface area contributed by atoms with Crippen LogP contribution in [0.25, 0.3) is 0 Å². The zero-order chi connectivity index (χ0) is 14.4. The van der Waals surface area contributed by atoms with Gasteiger partial charge in [0.15, 0.2) is 0 Å². The van der Waals surface area contributed by atoms with E-state index in [1.54, 1.807) is 0 Å². The highest BCUT2D eigenvalue weighted by Gasteiger charge is 2.66. The van der Waals surface area contributed by atoms with Crippen LogP contribution < -0.4 is 5.32 Å². The van der Waals surface area contributed by atoms with Gasteiger partial charge >= 0.3 is 0 Å². The number of aryl methyl sites for hydroxylation is 2. The van der Waals surface area contributed by atoms with Gasteiger partial charge in [-0.15, -0.1) is 0 Å². The first kappa shape index (κ1) is 14.6. The first-order chi connectivity index (χ1) is 8.75. The zero-order valence-electron chi connectivity index (χ0n) is 13.5. The molecule has 1 aliphatic carbocycles. The number of aromatic nitrogens is 2. The lowest BCUT2D eigenvalue weighted by Crippen LogP contribution is -2.33. The highest BCUT2D eigenvalue weighted by atomic mass is 15.3. The van der Waals surface area contributed by atoms with Crippen molar-refractivity contribution in [2.45, 2.75) is 53.5 Å². The van der Waals surface area contributed by atoms with Crippen molar-refractivity contribution < 1.29 is 0 Å². The molecule has 1 unspecified atom stereocenters. The number of hydrogen-bond donors (Lipinski definition) is 1. The molecule has 0 saturated heterocycles. The predicted molar refractivity (Wildman–Crippen MR) is 80.2 cm³/mol. The van der Waals surface area contributed by atoms with Crippen LogP contribution in [0.1, 0.15) is 46.0 Å². The van der Waals surface area contributed by atoms with E-state index in [2.05, 4.69) is 65.2 Å². The largest absolute Gasteiger partial charge is 0.316 e. The van der Waals surface area contributed by atoms with Crippen LogP contribution in [0.15, 0.2) is 6.07 Å². The average molecular weight is 263 g/mol. The Kier molecular flexibility index (Phi) is 3.54. The standard InChI is InChI=1S/C16H29N3/c1-8-11-9-12(19(7)18-11)10-13(17-6)14-15(2,3)16(14,4)5/h9,13-14,17H,8,10H2,1-7H3. The molecule has 108 valence electrons. The van der Waals surface area contributed by atoms with Crippen LogP contribution in [-0.4, -0.2) is 22.9 Å². The quantitative estimate of drug-likeness (QED) is 0.885. The second-order valence-electron chi connectivity index (χ2n) is 7.12. The molecule has 3 nitrogen and oxygen atoms in total. The highest BCUT2D eigenvalue weighted by Crippen LogP contribution is 2.69. The number of nitrogens with one attached hydrogen (secondary N) is 1. The van der Waals surface area contributed by atoms with Crippen LogP contribution in [-0.2, 0) is 19.9 Å². The summed E-state index contributed by atoms with van der Waals surface area (Å²) < 4.78 is 2.05. The molecule has 1 atom stereocenters. The molecule has 2 rings (SSSR count). The van der Waals surface area contributed by atoms with Crippen molar-refractivity contribution in [1.82, 2.24) is 15.1 Å². The first-order valence-corrected chi connectivity index (χ1v) is 7.44. The lowest BCUT2D eigenvalue weighted by Gasteiger charge is -2.18. The molecule has 3 heteroatoms. The molecule has 0 aromatic carbocycles. The van der Waals surface area contributed by atoms with Gasteiger partial charge in [0.1, 0.15) is 0 Å². The van der Waals surface area contributed by atoms with Gasteiger partial charge < -0.3 is 5.32 Å². The summed E-state index contributed by atoms with van der Waals surface area (Å²) in [5.41, 5.74) is 3.39. The zero-order valence-corrected chi connectivity index (χ0v) is 13.5. The van der Waals surface area contributed by atoms with Gasteiger partial charge in [-0.25, -0.2) is 0 Å². The van der Waals surface area contributed by atoms with Gasteiger partial charge in [-0.3, -0.25) is 4.68 Å². The molecule has 1 N–H and O–H groups in total. The second-order valence-corrected chi connectivity index (χ2v) is 7.12. The Hall–Kier alpha value is -0.830. The van der Waals surface area contributed by atoms with Crippen molar-refractivity contribution in [1.29, 1.82) is 0 Å². The van der Waals surface area contributed by atoms with E-state index in [4.69, 9.17) is 0 Å². The first-order valence-electron chi connectivity index (χ1n) is 7.44. The van der Waals surface area contributed by atoms with Crippen molar-refractivity contribution >= 4 is 0 Å². The van der Waals surface area contributed by atoms with Crippen LogP contribution in [0, 0.1) is 16.7 Å². The SMILES string of the molecule is CCc1cc(CC(NC)C2C(C)(C)C2(C)C)n(C)n1. The fourth-order valence-corrected chi connectivity index (χ4v) is 3.80. The Labute approximate surface area is 117 Å². The molecule has 1 heterocycles. The van der Waals surface area contributed by atoms with E-state index in [1.807, 2.05) is 4.68 Å². The van der Waals surface area contributed by atoms with Crippen molar-refractivity contribution in [2.24, 2.45) is 23.8 Å². The van der Waals surface area contributed by atoms with Gasteiger partial charge in [-0.05, 0) is 36.3 Å². The lowest BCUT2D eigenvalue weighted by atomic mass is 9.99. The summed E-state index contributed by atoms with van der Waals surface area (Å²) in [5, 5.41) is 8.09. The van der Waals surface area contributed by atoms with E-state index in [1.165, 1.54) is 11.4 Å². The van der Waals surface area contributed by atoms with Gasteiger partial charge in [0.25, 0.3) is 0 Å². The molecule has 0 aliphatic heterocycles. The van der Waals surface area contributed by atoms with Crippen LogP contribution >= 0.6 is 0 Å². The molecule has 0 spiro atoms. The molecule has 0 bridgehead atoms. The minimum Gasteiger partial charge on any atom is -0.316 e. The fourth-order valence-electron chi connectivity index (χ4n) is 3.80. The Balaban J connectivity index is 2.15. The maximum atomic E-state index is 4.56. The third-order valence-corrected chi connectivity index (χ3v) is 5.72. The molecule has 1 aliphatic rings. The van der Waals surface area contributed by atoms with Crippen molar-refractivity contribution in [3.8, 4) is 0 Å². The smallest absolute Gasteiger partial charge is 0.0624 e. The molecular weight excluding hydrogens is 234 g/mol. The van der Waals surface area contributed by atoms with Crippen LogP contribution in [0.3, 0.4) is 0 Å². The number of nitrogens with zero attached hydrogens (tertiary/aromatic N) is 2. The van der Waals surface area contributed by atoms with E-state index in [9.17, 15) is 0 Å². The lowest BCUT2D eigenvalue weighted by molar-refractivity contribution is 0.412. The Morgan fingerprint density at radius 2 is 1.89 bits per heavy atom. The maximum absolute atomic E-state index is 4.56. The minimum atomic E-state index is 0.423. The van der Waals surface area contributed by atoms with Crippen molar-refractivity contribution in [2.75, 3.05) is 7.05 Å². The fraction of sp³-hybridized carbons (Fsp3) is 0.812. The average Bonchev–Trinajstić information content (AvgIpc) is 2.61. The molecule has 1 saturated carbocycles. The number of rotatable bonds is 5. The Morgan fingerprint density at radius 3 is 2.26 bits per heavy atom. The van der Waals surface area contributed by atoms with Crippen molar-refractivity contribution in [3.05, 3.63) is 17.5 Å². The topological polar surface area (TPSA) is 29.9 Å². The minimum absolute atomic E-state index is 0.423. The summed E-state index contributed by atoms with van der Waals surface area (Å²) >= 11 is 0. The molecule has 0 amide bonds. The van der Waals surface area contributed by atoms with Crippen LogP contribution in [0.4, 0.5) is 0 Å². The number of likely N-dealkylation sites (N-methyl/N-ethyl adjacent to an activating group) is 1. The van der Waals surface area contributed by atoms with E-state index < -0.39 is 0 Å². The third kappa shape index (κ3) is 2.22. The van der Waals surface area contributed by atoms with Gasteiger partial charge in [0.2, 0.25) is 0 Å². The Morgan fingerprint density at radius 1 is 1.32 bits per heavy atom. The van der Waals surface area contributed by atoms with E-state index >= 15 is 0 Å². The molecule has 1 aromatic rings. The van der Waals surface area contributed by atoms with E-state index in [0.717, 1.165) is 18.8 Å². The van der Waals surface area contributed by atoms with Crippen LogP contribution in [0.5, 0.6) is 0 Å². The van der Waals surface area contributed by atoms with Gasteiger partial charge in [-0.1, -0.05) is 34.6 Å². The molecule has 1 aromatic heterocycles. The molecule has 0 radical (unpaired) electrons. The predicted octanol–water partition coefficient (Wildman–Crippen LogP) is 2.80. The van der Waals surface area contributed by atoms with E-state index in [0.29, 0.717) is 16.9 Å². The maximum Gasteiger partial charge on any atom is 0.0624 e. The molecule has 1 fully saturated rings. The Bertz CT molecular complexity index is 443. The summed E-state index contributed by atoms with van der Waals surface area (Å²) in [7, 11) is 4.15. The monoisotopic (exact) mass is 263 g/mol. The summed E-state index contributed by atoms with van der Waals surface area (Å²) in [6, 6.07) is 2.79. The number of hydrogen-bond acceptors (Lipinski definition) is 2.